The van der Waals surface area contributed by atoms with Crippen LogP contribution in [0.15, 0.2) is 53.0 Å². The summed E-state index contributed by atoms with van der Waals surface area (Å²) in [6.45, 7) is 2.21. The molecule has 0 saturated carbocycles. The lowest BCUT2D eigenvalue weighted by atomic mass is 10.1. The van der Waals surface area contributed by atoms with Gasteiger partial charge in [-0.05, 0) is 43.3 Å². The van der Waals surface area contributed by atoms with Gasteiger partial charge in [-0.1, -0.05) is 33.6 Å². The van der Waals surface area contributed by atoms with Crippen molar-refractivity contribution in [3.05, 3.63) is 64.1 Å². The Kier molecular flexibility index (Phi) is 5.37. The Morgan fingerprint density at radius 2 is 1.69 bits per heavy atom. The topological polar surface area (TPSA) is 78.5 Å². The Labute approximate surface area is 159 Å². The van der Waals surface area contributed by atoms with E-state index in [1.54, 1.807) is 17.0 Å². The fourth-order valence-corrected chi connectivity index (χ4v) is 3.02. The first kappa shape index (κ1) is 18.1. The highest BCUT2D eigenvalue weighted by molar-refractivity contribution is 9.10. The minimum absolute atomic E-state index is 0.113. The molecule has 3 rings (SSSR count). The van der Waals surface area contributed by atoms with Crippen molar-refractivity contribution in [2.24, 2.45) is 5.92 Å². The van der Waals surface area contributed by atoms with Gasteiger partial charge in [0.1, 0.15) is 0 Å². The Balaban J connectivity index is 1.57. The minimum atomic E-state index is -0.510. The zero-order valence-electron chi connectivity index (χ0n) is 14.2. The molecule has 0 radical (unpaired) electrons. The zero-order valence-corrected chi connectivity index (χ0v) is 15.7. The number of rotatable bonds is 3. The molecule has 0 bridgehead atoms. The molecule has 1 aliphatic rings. The minimum Gasteiger partial charge on any atom is -0.312 e. The second-order valence-electron chi connectivity index (χ2n) is 6.19. The van der Waals surface area contributed by atoms with E-state index in [1.165, 1.54) is 0 Å². The Hall–Kier alpha value is -2.67. The van der Waals surface area contributed by atoms with Gasteiger partial charge in [-0.25, -0.2) is 0 Å². The van der Waals surface area contributed by atoms with Crippen LogP contribution in [0.2, 0.25) is 0 Å². The molecule has 134 valence electrons. The monoisotopic (exact) mass is 415 g/mol. The van der Waals surface area contributed by atoms with E-state index in [2.05, 4.69) is 26.8 Å². The smallest absolute Gasteiger partial charge is 0.269 e. The van der Waals surface area contributed by atoms with E-state index >= 15 is 0 Å². The summed E-state index contributed by atoms with van der Waals surface area (Å²) in [5.41, 5.74) is 7.06. The predicted octanol–water partition coefficient (Wildman–Crippen LogP) is 2.57. The van der Waals surface area contributed by atoms with Crippen LogP contribution in [-0.2, 0) is 9.59 Å². The van der Waals surface area contributed by atoms with Gasteiger partial charge in [0.15, 0.2) is 0 Å². The summed E-state index contributed by atoms with van der Waals surface area (Å²) in [5, 5.41) is 0. The van der Waals surface area contributed by atoms with Gasteiger partial charge in [0.2, 0.25) is 11.8 Å². The van der Waals surface area contributed by atoms with E-state index < -0.39 is 11.8 Å². The van der Waals surface area contributed by atoms with Crippen LogP contribution in [0.3, 0.4) is 0 Å². The largest absolute Gasteiger partial charge is 0.312 e. The quantitative estimate of drug-likeness (QED) is 0.756. The SMILES string of the molecule is Cc1ccc(C(=O)NNC(=O)[C@H]2CC(=O)N(c3ccc(Br)cc3)C2)cc1. The van der Waals surface area contributed by atoms with Crippen LogP contribution in [0, 0.1) is 12.8 Å². The molecule has 3 amide bonds. The van der Waals surface area contributed by atoms with Gasteiger partial charge in [-0.2, -0.15) is 0 Å². The highest BCUT2D eigenvalue weighted by atomic mass is 79.9. The standard InChI is InChI=1S/C19H18BrN3O3/c1-12-2-4-13(5-3-12)18(25)21-22-19(26)14-10-17(24)23(11-14)16-8-6-15(20)7-9-16/h2-9,14H,10-11H2,1H3,(H,21,25)(H,22,26)/t14-/m0/s1. The normalized spacial score (nSPS) is 16.5. The molecule has 6 nitrogen and oxygen atoms in total. The molecule has 0 spiro atoms. The van der Waals surface area contributed by atoms with Crippen molar-refractivity contribution in [3.8, 4) is 0 Å². The number of halogens is 1. The molecule has 0 unspecified atom stereocenters. The number of anilines is 1. The molecule has 0 aromatic heterocycles. The fraction of sp³-hybridized carbons (Fsp3) is 0.211. The molecule has 1 fully saturated rings. The molecule has 2 aromatic carbocycles. The summed E-state index contributed by atoms with van der Waals surface area (Å²) in [4.78, 5) is 38.1. The van der Waals surface area contributed by atoms with Crippen molar-refractivity contribution >= 4 is 39.3 Å². The maximum Gasteiger partial charge on any atom is 0.269 e. The number of amides is 3. The Morgan fingerprint density at radius 3 is 2.35 bits per heavy atom. The van der Waals surface area contributed by atoms with E-state index in [-0.39, 0.29) is 24.8 Å². The van der Waals surface area contributed by atoms with Crippen molar-refractivity contribution < 1.29 is 14.4 Å². The molecule has 1 aliphatic heterocycles. The lowest BCUT2D eigenvalue weighted by molar-refractivity contribution is -0.126. The molecule has 1 heterocycles. The molecule has 0 aliphatic carbocycles. The number of benzene rings is 2. The van der Waals surface area contributed by atoms with Gasteiger partial charge in [-0.3, -0.25) is 25.2 Å². The Morgan fingerprint density at radius 1 is 1.04 bits per heavy atom. The number of hydrogen-bond acceptors (Lipinski definition) is 3. The number of carbonyl (C=O) groups excluding carboxylic acids is 3. The third-order valence-electron chi connectivity index (χ3n) is 4.25. The predicted molar refractivity (Wildman–Crippen MR) is 101 cm³/mol. The van der Waals surface area contributed by atoms with Crippen LogP contribution < -0.4 is 15.8 Å². The first-order valence-electron chi connectivity index (χ1n) is 8.17. The van der Waals surface area contributed by atoms with Crippen molar-refractivity contribution in [3.63, 3.8) is 0 Å². The van der Waals surface area contributed by atoms with Crippen molar-refractivity contribution in [2.75, 3.05) is 11.4 Å². The van der Waals surface area contributed by atoms with E-state index in [1.807, 2.05) is 43.3 Å². The highest BCUT2D eigenvalue weighted by Gasteiger charge is 2.35. The Bertz CT molecular complexity index is 834. The van der Waals surface area contributed by atoms with E-state index in [0.717, 1.165) is 15.7 Å². The third-order valence-corrected chi connectivity index (χ3v) is 4.78. The summed E-state index contributed by atoms with van der Waals surface area (Å²) in [6, 6.07) is 14.3. The molecule has 2 aromatic rings. The van der Waals surface area contributed by atoms with Gasteiger partial charge < -0.3 is 4.90 Å². The second-order valence-corrected chi connectivity index (χ2v) is 7.11. The molecule has 7 heteroatoms. The summed E-state index contributed by atoms with van der Waals surface area (Å²) in [7, 11) is 0. The summed E-state index contributed by atoms with van der Waals surface area (Å²) in [6.07, 6.45) is 0.113. The van der Waals surface area contributed by atoms with Crippen LogP contribution >= 0.6 is 15.9 Å². The van der Waals surface area contributed by atoms with Gasteiger partial charge in [0.05, 0.1) is 5.92 Å². The van der Waals surface area contributed by atoms with Crippen LogP contribution in [-0.4, -0.2) is 24.3 Å². The number of nitrogens with zero attached hydrogens (tertiary/aromatic N) is 1. The van der Waals surface area contributed by atoms with Crippen LogP contribution in [0.4, 0.5) is 5.69 Å². The van der Waals surface area contributed by atoms with E-state index in [0.29, 0.717) is 5.56 Å². The summed E-state index contributed by atoms with van der Waals surface area (Å²) < 4.78 is 0.918. The molecular formula is C19H18BrN3O3. The van der Waals surface area contributed by atoms with Gasteiger partial charge in [0.25, 0.3) is 5.91 Å². The average Bonchev–Trinajstić information content (AvgIpc) is 3.02. The van der Waals surface area contributed by atoms with Crippen molar-refractivity contribution in [2.45, 2.75) is 13.3 Å². The highest BCUT2D eigenvalue weighted by Crippen LogP contribution is 2.26. The zero-order chi connectivity index (χ0) is 18.7. The maximum atomic E-state index is 12.3. The lowest BCUT2D eigenvalue weighted by Gasteiger charge is -2.17. The van der Waals surface area contributed by atoms with Gasteiger partial charge in [-0.15, -0.1) is 0 Å². The summed E-state index contributed by atoms with van der Waals surface area (Å²) in [5.74, 6) is -1.40. The number of aryl methyl sites for hydroxylation is 1. The number of hydrogen-bond donors (Lipinski definition) is 2. The molecule has 1 atom stereocenters. The molecular weight excluding hydrogens is 398 g/mol. The molecule has 2 N–H and O–H groups in total. The number of carbonyl (C=O) groups is 3. The fourth-order valence-electron chi connectivity index (χ4n) is 2.75. The van der Waals surface area contributed by atoms with E-state index in [4.69, 9.17) is 0 Å². The molecule has 26 heavy (non-hydrogen) atoms. The van der Waals surface area contributed by atoms with Gasteiger partial charge >= 0.3 is 0 Å². The van der Waals surface area contributed by atoms with Crippen LogP contribution in [0.1, 0.15) is 22.3 Å². The van der Waals surface area contributed by atoms with Gasteiger partial charge in [0, 0.05) is 28.7 Å². The van der Waals surface area contributed by atoms with Crippen LogP contribution in [0.25, 0.3) is 0 Å². The average molecular weight is 416 g/mol. The van der Waals surface area contributed by atoms with Crippen molar-refractivity contribution in [1.82, 2.24) is 10.9 Å². The number of nitrogens with one attached hydrogen (secondary N) is 2. The first-order valence-corrected chi connectivity index (χ1v) is 8.96. The van der Waals surface area contributed by atoms with Crippen molar-refractivity contribution in [1.29, 1.82) is 0 Å². The number of hydrazine groups is 1. The lowest BCUT2D eigenvalue weighted by Crippen LogP contribution is -2.45. The molecule has 1 saturated heterocycles. The summed E-state index contributed by atoms with van der Waals surface area (Å²) >= 11 is 3.35. The van der Waals surface area contributed by atoms with Crippen LogP contribution in [0.5, 0.6) is 0 Å². The van der Waals surface area contributed by atoms with E-state index in [9.17, 15) is 14.4 Å². The maximum absolute atomic E-state index is 12.3. The third kappa shape index (κ3) is 4.11. The first-order chi connectivity index (χ1) is 12.4. The second kappa shape index (κ2) is 7.70.